The van der Waals surface area contributed by atoms with Gasteiger partial charge in [-0.3, -0.25) is 9.48 Å². The van der Waals surface area contributed by atoms with Crippen LogP contribution in [0.4, 0.5) is 0 Å². The number of hydrogen-bond acceptors (Lipinski definition) is 4. The zero-order chi connectivity index (χ0) is 26.6. The van der Waals surface area contributed by atoms with E-state index >= 15 is 0 Å². The van der Waals surface area contributed by atoms with Crippen LogP contribution in [-0.4, -0.2) is 46.0 Å². The number of hydrogen-bond donors (Lipinski definition) is 2. The van der Waals surface area contributed by atoms with E-state index in [1.54, 1.807) is 13.1 Å². The van der Waals surface area contributed by atoms with E-state index in [1.165, 1.54) is 19.3 Å². The van der Waals surface area contributed by atoms with Crippen molar-refractivity contribution in [2.75, 3.05) is 13.7 Å². The Kier molecular flexibility index (Phi) is 6.29. The Morgan fingerprint density at radius 2 is 1.78 bits per heavy atom. The number of aromatic carboxylic acids is 1. The summed E-state index contributed by atoms with van der Waals surface area (Å²) in [5.74, 6) is -1.15. The molecule has 4 aliphatic rings. The molecule has 1 heterocycles. The molecule has 7 heteroatoms. The molecule has 1 amide bonds. The van der Waals surface area contributed by atoms with Crippen LogP contribution in [0.1, 0.15) is 87.3 Å². The Labute approximate surface area is 220 Å². The summed E-state index contributed by atoms with van der Waals surface area (Å²) in [4.78, 5) is 24.0. The number of carbonyl (C=O) groups is 2. The smallest absolute Gasteiger partial charge is 0.336 e. The fourth-order valence-corrected chi connectivity index (χ4v) is 9.04. The molecule has 4 bridgehead atoms. The molecular weight excluding hydrogens is 466 g/mol. The molecule has 200 valence electrons. The van der Waals surface area contributed by atoms with Gasteiger partial charge in [-0.2, -0.15) is 5.10 Å². The first-order valence-electron chi connectivity index (χ1n) is 13.7. The van der Waals surface area contributed by atoms with Crippen LogP contribution in [0.2, 0.25) is 0 Å². The van der Waals surface area contributed by atoms with Gasteiger partial charge in [-0.15, -0.1) is 0 Å². The Hall–Kier alpha value is -2.67. The molecule has 2 aromatic rings. The molecule has 6 rings (SSSR count). The highest BCUT2D eigenvalue weighted by Crippen LogP contribution is 2.72. The largest absolute Gasteiger partial charge is 0.478 e. The minimum absolute atomic E-state index is 0.0325. The molecule has 2 unspecified atom stereocenters. The molecular formula is C30H41N3O4. The van der Waals surface area contributed by atoms with Crippen molar-refractivity contribution >= 4 is 11.9 Å². The molecule has 4 aliphatic carbocycles. The number of benzene rings is 1. The van der Waals surface area contributed by atoms with Gasteiger partial charge in [0.05, 0.1) is 23.8 Å². The summed E-state index contributed by atoms with van der Waals surface area (Å²) in [6, 6.07) is 5.26. The number of nitrogens with zero attached hydrogens (tertiary/aromatic N) is 2. The maximum atomic E-state index is 12.2. The number of nitrogens with one attached hydrogen (secondary N) is 1. The van der Waals surface area contributed by atoms with Crippen LogP contribution < -0.4 is 5.32 Å². The third-order valence-electron chi connectivity index (χ3n) is 9.10. The number of likely N-dealkylation sites (N-methyl/N-ethyl adjacent to an activating group) is 1. The van der Waals surface area contributed by atoms with Crippen LogP contribution >= 0.6 is 0 Å². The second-order valence-electron chi connectivity index (χ2n) is 13.0. The summed E-state index contributed by atoms with van der Waals surface area (Å²) in [6.45, 7) is 10.8. The van der Waals surface area contributed by atoms with Crippen LogP contribution in [0, 0.1) is 23.2 Å². The SMILES string of the molecule is CCCOC12CC3(C)CC(C)(CC(Cn4ncc(-c5ccc(CC(=O)NC)cc5C(=O)O)c4C)(C3)C1)C2. The Morgan fingerprint density at radius 1 is 1.08 bits per heavy atom. The molecule has 2 N–H and O–H groups in total. The zero-order valence-corrected chi connectivity index (χ0v) is 22.9. The van der Waals surface area contributed by atoms with Crippen LogP contribution in [0.5, 0.6) is 0 Å². The van der Waals surface area contributed by atoms with Crippen LogP contribution in [0.25, 0.3) is 11.1 Å². The fourth-order valence-electron chi connectivity index (χ4n) is 9.04. The lowest BCUT2D eigenvalue weighted by Gasteiger charge is -2.69. The van der Waals surface area contributed by atoms with Crippen molar-refractivity contribution in [3.05, 3.63) is 41.2 Å². The van der Waals surface area contributed by atoms with Crippen molar-refractivity contribution in [1.29, 1.82) is 0 Å². The van der Waals surface area contributed by atoms with Crippen LogP contribution in [0.15, 0.2) is 24.4 Å². The van der Waals surface area contributed by atoms with Gasteiger partial charge in [0, 0.05) is 31.5 Å². The van der Waals surface area contributed by atoms with Crippen molar-refractivity contribution in [2.45, 2.75) is 91.2 Å². The summed E-state index contributed by atoms with van der Waals surface area (Å²) in [5.41, 5.74) is 4.02. The van der Waals surface area contributed by atoms with E-state index in [0.717, 1.165) is 50.1 Å². The van der Waals surface area contributed by atoms with E-state index in [0.29, 0.717) is 11.1 Å². The minimum atomic E-state index is -1.00. The zero-order valence-electron chi connectivity index (χ0n) is 22.9. The number of carbonyl (C=O) groups excluding carboxylic acids is 1. The van der Waals surface area contributed by atoms with E-state index in [4.69, 9.17) is 9.84 Å². The highest BCUT2D eigenvalue weighted by atomic mass is 16.5. The lowest BCUT2D eigenvalue weighted by molar-refractivity contribution is -0.248. The van der Waals surface area contributed by atoms with Gasteiger partial charge in [0.2, 0.25) is 5.91 Å². The van der Waals surface area contributed by atoms with Crippen LogP contribution in [0.3, 0.4) is 0 Å². The molecule has 0 spiro atoms. The first kappa shape index (κ1) is 26.0. The van der Waals surface area contributed by atoms with Crippen molar-refractivity contribution < 1.29 is 19.4 Å². The maximum absolute atomic E-state index is 12.2. The predicted octanol–water partition coefficient (Wildman–Crippen LogP) is 5.39. The standard InChI is InChI=1S/C30H41N3O4/c1-6-9-37-30-16-27(3)13-28(4,17-30)15-29(14-27,18-30)19-33-20(2)24(12-32-33)22-8-7-21(11-25(34)31-5)10-23(22)26(35)36/h7-8,10,12H,6,9,11,13-19H2,1-5H3,(H,31,34)(H,35,36). The number of carboxylic acid groups (broad SMARTS) is 1. The first-order valence-corrected chi connectivity index (χ1v) is 13.7. The molecule has 7 nitrogen and oxygen atoms in total. The van der Waals surface area contributed by atoms with Crippen molar-refractivity contribution in [2.24, 2.45) is 16.2 Å². The normalized spacial score (nSPS) is 32.0. The fraction of sp³-hybridized carbons (Fsp3) is 0.633. The minimum Gasteiger partial charge on any atom is -0.478 e. The molecule has 0 radical (unpaired) electrons. The molecule has 0 saturated heterocycles. The molecule has 4 saturated carbocycles. The molecule has 2 atom stereocenters. The van der Waals surface area contributed by atoms with E-state index in [-0.39, 0.29) is 39.7 Å². The maximum Gasteiger partial charge on any atom is 0.336 e. The van der Waals surface area contributed by atoms with E-state index in [9.17, 15) is 14.7 Å². The van der Waals surface area contributed by atoms with Gasteiger partial charge in [0.1, 0.15) is 0 Å². The summed E-state index contributed by atoms with van der Waals surface area (Å²) >= 11 is 0. The highest BCUT2D eigenvalue weighted by molar-refractivity contribution is 5.97. The van der Waals surface area contributed by atoms with Gasteiger partial charge in [0.25, 0.3) is 0 Å². The topological polar surface area (TPSA) is 93.5 Å². The monoisotopic (exact) mass is 507 g/mol. The number of aromatic nitrogens is 2. The predicted molar refractivity (Wildman–Crippen MR) is 142 cm³/mol. The van der Waals surface area contributed by atoms with Gasteiger partial charge in [-0.1, -0.05) is 32.9 Å². The quantitative estimate of drug-likeness (QED) is 0.475. The van der Waals surface area contributed by atoms with Crippen molar-refractivity contribution in [3.63, 3.8) is 0 Å². The lowest BCUT2D eigenvalue weighted by Crippen LogP contribution is -2.64. The number of amides is 1. The van der Waals surface area contributed by atoms with E-state index in [1.807, 2.05) is 25.3 Å². The van der Waals surface area contributed by atoms with Crippen molar-refractivity contribution in [1.82, 2.24) is 15.1 Å². The lowest BCUT2D eigenvalue weighted by atomic mass is 9.39. The van der Waals surface area contributed by atoms with Crippen LogP contribution in [-0.2, 0) is 22.5 Å². The molecule has 0 aliphatic heterocycles. The number of carboxylic acids is 1. The second kappa shape index (κ2) is 8.97. The third-order valence-corrected chi connectivity index (χ3v) is 9.10. The van der Waals surface area contributed by atoms with E-state index in [2.05, 4.69) is 30.8 Å². The summed E-state index contributed by atoms with van der Waals surface area (Å²) < 4.78 is 8.76. The van der Waals surface area contributed by atoms with Gasteiger partial charge in [0.15, 0.2) is 0 Å². The Balaban J connectivity index is 1.46. The average Bonchev–Trinajstić information content (AvgIpc) is 3.14. The van der Waals surface area contributed by atoms with Gasteiger partial charge < -0.3 is 15.2 Å². The molecule has 4 fully saturated rings. The van der Waals surface area contributed by atoms with Gasteiger partial charge >= 0.3 is 5.97 Å². The van der Waals surface area contributed by atoms with Crippen molar-refractivity contribution in [3.8, 4) is 11.1 Å². The third kappa shape index (κ3) is 4.71. The Morgan fingerprint density at radius 3 is 2.41 bits per heavy atom. The number of ether oxygens (including phenoxy) is 1. The molecule has 37 heavy (non-hydrogen) atoms. The number of rotatable bonds is 9. The highest BCUT2D eigenvalue weighted by Gasteiger charge is 2.66. The summed E-state index contributed by atoms with van der Waals surface area (Å²) in [5, 5.41) is 17.4. The Bertz CT molecular complexity index is 1210. The first-order chi connectivity index (χ1) is 17.4. The average molecular weight is 508 g/mol. The second-order valence-corrected chi connectivity index (χ2v) is 13.0. The molecule has 1 aromatic carbocycles. The van der Waals surface area contributed by atoms with Gasteiger partial charge in [-0.05, 0) is 85.3 Å². The van der Waals surface area contributed by atoms with E-state index < -0.39 is 5.97 Å². The molecule has 1 aromatic heterocycles. The summed E-state index contributed by atoms with van der Waals surface area (Å²) in [7, 11) is 1.58. The summed E-state index contributed by atoms with van der Waals surface area (Å²) in [6.07, 6.45) is 10.0. The van der Waals surface area contributed by atoms with Gasteiger partial charge in [-0.25, -0.2) is 4.79 Å².